The molecule has 0 aliphatic heterocycles. The van der Waals surface area contributed by atoms with Gasteiger partial charge in [-0.05, 0) is 24.3 Å². The maximum absolute atomic E-state index is 10.4. The zero-order valence-corrected chi connectivity index (χ0v) is 17.4. The summed E-state index contributed by atoms with van der Waals surface area (Å²) in [5.41, 5.74) is 2.72. The molecule has 6 heteroatoms. The van der Waals surface area contributed by atoms with Crippen molar-refractivity contribution < 1.29 is 19.3 Å². The van der Waals surface area contributed by atoms with Crippen molar-refractivity contribution in [3.63, 3.8) is 0 Å². The number of rotatable bonds is 6. The molecule has 0 spiro atoms. The van der Waals surface area contributed by atoms with Gasteiger partial charge in [0, 0.05) is 27.7 Å². The maximum Gasteiger partial charge on any atom is 0.203 e. The molecule has 0 heterocycles. The van der Waals surface area contributed by atoms with Crippen molar-refractivity contribution in [3.8, 4) is 23.0 Å². The molecule has 28 heavy (non-hydrogen) atoms. The lowest BCUT2D eigenvalue weighted by Gasteiger charge is -2.14. The molecule has 3 aromatic rings. The summed E-state index contributed by atoms with van der Waals surface area (Å²) in [6, 6.07) is 18.4. The molecule has 144 valence electrons. The fourth-order valence-electron chi connectivity index (χ4n) is 2.82. The summed E-state index contributed by atoms with van der Waals surface area (Å²) >= 11 is 3.45. The first-order valence-electron chi connectivity index (χ1n) is 8.50. The molecular weight excluding hydrogens is 422 g/mol. The van der Waals surface area contributed by atoms with Crippen LogP contribution in [0, 0.1) is 0 Å². The molecule has 0 fully saturated rings. The third kappa shape index (κ3) is 4.12. The first kappa shape index (κ1) is 19.8. The summed E-state index contributed by atoms with van der Waals surface area (Å²) in [7, 11) is 4.67. The first-order chi connectivity index (χ1) is 13.6. The molecule has 0 amide bonds. The molecule has 0 aliphatic carbocycles. The SMILES string of the molecule is COc1cc(N=C(c2ccc(Br)cc2)c2ccccc2O)cc(OC)c1OC. The number of aromatic hydroxyl groups is 1. The van der Waals surface area contributed by atoms with E-state index in [-0.39, 0.29) is 5.75 Å². The molecule has 3 aromatic carbocycles. The Labute approximate surface area is 172 Å². The number of ether oxygens (including phenoxy) is 3. The number of benzene rings is 3. The Hall–Kier alpha value is -2.99. The van der Waals surface area contributed by atoms with E-state index in [2.05, 4.69) is 15.9 Å². The van der Waals surface area contributed by atoms with E-state index in [1.807, 2.05) is 36.4 Å². The smallest absolute Gasteiger partial charge is 0.203 e. The second-order valence-electron chi connectivity index (χ2n) is 5.87. The van der Waals surface area contributed by atoms with Crippen LogP contribution in [0.2, 0.25) is 0 Å². The highest BCUT2D eigenvalue weighted by atomic mass is 79.9. The van der Waals surface area contributed by atoms with E-state index >= 15 is 0 Å². The van der Waals surface area contributed by atoms with E-state index in [0.29, 0.717) is 34.2 Å². The lowest BCUT2D eigenvalue weighted by molar-refractivity contribution is 0.324. The second kappa shape index (κ2) is 8.80. The topological polar surface area (TPSA) is 60.3 Å². The van der Waals surface area contributed by atoms with E-state index < -0.39 is 0 Å². The van der Waals surface area contributed by atoms with Gasteiger partial charge >= 0.3 is 0 Å². The van der Waals surface area contributed by atoms with E-state index in [4.69, 9.17) is 19.2 Å². The molecule has 1 N–H and O–H groups in total. The predicted molar refractivity (Wildman–Crippen MR) is 114 cm³/mol. The van der Waals surface area contributed by atoms with Crippen molar-refractivity contribution in [1.29, 1.82) is 0 Å². The molecule has 0 aromatic heterocycles. The molecule has 0 saturated carbocycles. The Bertz CT molecular complexity index is 975. The van der Waals surface area contributed by atoms with Crippen molar-refractivity contribution >= 4 is 27.3 Å². The number of hydrogen-bond acceptors (Lipinski definition) is 5. The summed E-state index contributed by atoms with van der Waals surface area (Å²) in [4.78, 5) is 4.81. The van der Waals surface area contributed by atoms with Crippen LogP contribution in [-0.2, 0) is 0 Å². The number of phenols is 1. The molecule has 0 bridgehead atoms. The number of aliphatic imine (C=N–C) groups is 1. The minimum atomic E-state index is 0.150. The van der Waals surface area contributed by atoms with E-state index in [1.54, 1.807) is 45.6 Å². The molecule has 0 saturated heterocycles. The fourth-order valence-corrected chi connectivity index (χ4v) is 3.09. The maximum atomic E-state index is 10.4. The molecule has 5 nitrogen and oxygen atoms in total. The number of methoxy groups -OCH3 is 3. The summed E-state index contributed by atoms with van der Waals surface area (Å²) in [5, 5.41) is 10.4. The Morgan fingerprint density at radius 1 is 0.857 bits per heavy atom. The van der Waals surface area contributed by atoms with Crippen LogP contribution < -0.4 is 14.2 Å². The van der Waals surface area contributed by atoms with E-state index in [0.717, 1.165) is 10.0 Å². The van der Waals surface area contributed by atoms with Crippen LogP contribution in [0.1, 0.15) is 11.1 Å². The highest BCUT2D eigenvalue weighted by molar-refractivity contribution is 9.10. The zero-order chi connectivity index (χ0) is 20.1. The largest absolute Gasteiger partial charge is 0.507 e. The average molecular weight is 442 g/mol. The van der Waals surface area contributed by atoms with Crippen LogP contribution in [0.15, 0.2) is 70.1 Å². The highest BCUT2D eigenvalue weighted by Crippen LogP contribution is 2.41. The van der Waals surface area contributed by atoms with Crippen LogP contribution in [-0.4, -0.2) is 32.1 Å². The van der Waals surface area contributed by atoms with Gasteiger partial charge in [-0.25, -0.2) is 4.99 Å². The Balaban J connectivity index is 2.22. The monoisotopic (exact) mass is 441 g/mol. The highest BCUT2D eigenvalue weighted by Gasteiger charge is 2.16. The number of para-hydroxylation sites is 1. The number of hydrogen-bond donors (Lipinski definition) is 1. The van der Waals surface area contributed by atoms with Gasteiger partial charge in [-0.1, -0.05) is 40.2 Å². The van der Waals surface area contributed by atoms with Gasteiger partial charge in [0.2, 0.25) is 5.75 Å². The fraction of sp³-hybridized carbons (Fsp3) is 0.136. The standard InChI is InChI=1S/C22H20BrNO4/c1-26-19-12-16(13-20(27-2)22(19)28-3)24-21(14-8-10-15(23)11-9-14)17-6-4-5-7-18(17)25/h4-13,25H,1-3H3. The van der Waals surface area contributed by atoms with Crippen molar-refractivity contribution in [1.82, 2.24) is 0 Å². The third-order valence-electron chi connectivity index (χ3n) is 4.17. The van der Waals surface area contributed by atoms with Gasteiger partial charge in [0.15, 0.2) is 11.5 Å². The first-order valence-corrected chi connectivity index (χ1v) is 9.29. The van der Waals surface area contributed by atoms with Crippen LogP contribution >= 0.6 is 15.9 Å². The summed E-state index contributed by atoms with van der Waals surface area (Å²) in [6.07, 6.45) is 0. The van der Waals surface area contributed by atoms with Crippen molar-refractivity contribution in [2.75, 3.05) is 21.3 Å². The van der Waals surface area contributed by atoms with Gasteiger partial charge in [-0.15, -0.1) is 0 Å². The third-order valence-corrected chi connectivity index (χ3v) is 4.70. The van der Waals surface area contributed by atoms with Crippen LogP contribution in [0.5, 0.6) is 23.0 Å². The van der Waals surface area contributed by atoms with Gasteiger partial charge in [-0.2, -0.15) is 0 Å². The van der Waals surface area contributed by atoms with Gasteiger partial charge in [0.05, 0.1) is 32.7 Å². The minimum absolute atomic E-state index is 0.150. The van der Waals surface area contributed by atoms with Crippen molar-refractivity contribution in [3.05, 3.63) is 76.3 Å². The minimum Gasteiger partial charge on any atom is -0.507 e. The summed E-state index contributed by atoms with van der Waals surface area (Å²) in [5.74, 6) is 1.66. The zero-order valence-electron chi connectivity index (χ0n) is 15.8. The number of phenolic OH excluding ortho intramolecular Hbond substituents is 1. The normalized spacial score (nSPS) is 11.2. The predicted octanol–water partition coefficient (Wildman–Crippen LogP) is 5.35. The van der Waals surface area contributed by atoms with Crippen molar-refractivity contribution in [2.24, 2.45) is 4.99 Å². The van der Waals surface area contributed by atoms with Gasteiger partial charge < -0.3 is 19.3 Å². The quantitative estimate of drug-likeness (QED) is 0.523. The van der Waals surface area contributed by atoms with Crippen LogP contribution in [0.4, 0.5) is 5.69 Å². The Morgan fingerprint density at radius 2 is 1.46 bits per heavy atom. The van der Waals surface area contributed by atoms with Crippen LogP contribution in [0.25, 0.3) is 0 Å². The Morgan fingerprint density at radius 3 is 2.00 bits per heavy atom. The lowest BCUT2D eigenvalue weighted by Crippen LogP contribution is -2.03. The summed E-state index contributed by atoms with van der Waals surface area (Å²) in [6.45, 7) is 0. The van der Waals surface area contributed by atoms with Crippen molar-refractivity contribution in [2.45, 2.75) is 0 Å². The summed E-state index contributed by atoms with van der Waals surface area (Å²) < 4.78 is 17.2. The average Bonchev–Trinajstić information content (AvgIpc) is 2.72. The van der Waals surface area contributed by atoms with Gasteiger partial charge in [0.25, 0.3) is 0 Å². The molecule has 3 rings (SSSR count). The number of halogens is 1. The molecule has 0 unspecified atom stereocenters. The van der Waals surface area contributed by atoms with Gasteiger partial charge in [0.1, 0.15) is 5.75 Å². The molecule has 0 radical (unpaired) electrons. The lowest BCUT2D eigenvalue weighted by atomic mass is 10.0. The van der Waals surface area contributed by atoms with E-state index in [1.165, 1.54) is 0 Å². The van der Waals surface area contributed by atoms with E-state index in [9.17, 15) is 5.11 Å². The van der Waals surface area contributed by atoms with Crippen LogP contribution in [0.3, 0.4) is 0 Å². The second-order valence-corrected chi connectivity index (χ2v) is 6.78. The molecule has 0 atom stereocenters. The molecule has 0 aliphatic rings. The Kier molecular flexibility index (Phi) is 6.21. The molecular formula is C22H20BrNO4. The number of nitrogens with zero attached hydrogens (tertiary/aromatic N) is 1. The van der Waals surface area contributed by atoms with Gasteiger partial charge in [-0.3, -0.25) is 0 Å².